The summed E-state index contributed by atoms with van der Waals surface area (Å²) in [4.78, 5) is 49.0. The smallest absolute Gasteiger partial charge is 0.343 e. The average molecular weight is 865 g/mol. The van der Waals surface area contributed by atoms with Gasteiger partial charge in [0.05, 0.1) is 49.8 Å². The molecule has 0 aliphatic heterocycles. The maximum absolute atomic E-state index is 13.5. The Morgan fingerprint density at radius 1 is 0.531 bits per heavy atom. The maximum Gasteiger partial charge on any atom is 0.343 e. The Bertz CT molecular complexity index is 2360. The Labute approximate surface area is 373 Å². The molecule has 0 unspecified atom stereocenters. The van der Waals surface area contributed by atoms with Gasteiger partial charge >= 0.3 is 23.9 Å². The number of carbonyl (C=O) groups is 4. The minimum absolute atomic E-state index is 0.208. The van der Waals surface area contributed by atoms with Crippen LogP contribution < -0.4 is 24.4 Å². The molecule has 6 rings (SSSR count). The summed E-state index contributed by atoms with van der Waals surface area (Å²) in [5.74, 6) is -0.334. The van der Waals surface area contributed by atoms with E-state index in [4.69, 9.17) is 28.4 Å². The Morgan fingerprint density at radius 2 is 0.984 bits per heavy atom. The number of rotatable bonds is 25. The van der Waals surface area contributed by atoms with Gasteiger partial charge in [0.2, 0.25) is 0 Å². The van der Waals surface area contributed by atoms with E-state index in [1.54, 1.807) is 66.7 Å². The lowest BCUT2D eigenvalue weighted by atomic mass is 10.1. The highest BCUT2D eigenvalue weighted by Crippen LogP contribution is 2.43. The van der Waals surface area contributed by atoms with Crippen molar-refractivity contribution in [2.24, 2.45) is 5.10 Å². The number of hydrazone groups is 1. The molecule has 12 nitrogen and oxygen atoms in total. The number of hydrogen-bond donors (Lipinski definition) is 1. The number of carbonyl (C=O) groups excluding carboxylic acids is 4. The summed E-state index contributed by atoms with van der Waals surface area (Å²) in [6.45, 7) is 8.52. The molecule has 330 valence electrons. The van der Waals surface area contributed by atoms with Crippen LogP contribution in [0, 0.1) is 0 Å². The number of unbranched alkanes of at least 4 members (excludes halogenated alkanes) is 6. The van der Waals surface area contributed by atoms with E-state index in [0.717, 1.165) is 85.8 Å². The van der Waals surface area contributed by atoms with Crippen molar-refractivity contribution in [3.63, 3.8) is 0 Å². The molecule has 0 saturated carbocycles. The molecule has 0 spiro atoms. The summed E-state index contributed by atoms with van der Waals surface area (Å²) in [6.07, 6.45) is 10.7. The van der Waals surface area contributed by atoms with E-state index < -0.39 is 23.9 Å². The van der Waals surface area contributed by atoms with Gasteiger partial charge in [-0.2, -0.15) is 5.10 Å². The normalized spacial score (nSPS) is 11.5. The quantitative estimate of drug-likeness (QED) is 0.0149. The van der Waals surface area contributed by atoms with Crippen LogP contribution in [0.1, 0.15) is 94.8 Å². The molecule has 1 aliphatic carbocycles. The predicted octanol–water partition coefficient (Wildman–Crippen LogP) is 10.2. The van der Waals surface area contributed by atoms with Crippen molar-refractivity contribution >= 4 is 30.1 Å². The molecule has 12 heteroatoms. The van der Waals surface area contributed by atoms with Gasteiger partial charge in [-0.1, -0.05) is 61.7 Å². The standard InChI is InChI=1S/C52H52N2O10/c1-3-48(55)61-33-15-7-5-13-31-59-40-25-21-37(22-26-40)51(57)63-42-29-30-47(39(35-42)36-53-54-50-45-19-11-9-17-43(45)44-18-10-12-20-46(44)50)64-52(58)38-23-27-41(28-24-38)60-32-14-6-8-16-34-62-49(56)4-2/h3-4,9-12,17-30,35-36,50,54H,1-2,5-8,13-16,31-34H2/b53-36+. The maximum atomic E-state index is 13.5. The summed E-state index contributed by atoms with van der Waals surface area (Å²) >= 11 is 0. The van der Waals surface area contributed by atoms with Crippen LogP contribution in [-0.2, 0) is 19.1 Å². The average Bonchev–Trinajstić information content (AvgIpc) is 3.64. The van der Waals surface area contributed by atoms with Crippen molar-refractivity contribution < 1.29 is 47.6 Å². The molecule has 5 aromatic rings. The topological polar surface area (TPSA) is 148 Å². The highest BCUT2D eigenvalue weighted by molar-refractivity contribution is 5.94. The van der Waals surface area contributed by atoms with E-state index in [1.807, 2.05) is 24.3 Å². The molecule has 0 heterocycles. The van der Waals surface area contributed by atoms with E-state index in [9.17, 15) is 19.2 Å². The monoisotopic (exact) mass is 864 g/mol. The minimum Gasteiger partial charge on any atom is -0.494 e. The molecule has 0 amide bonds. The van der Waals surface area contributed by atoms with Crippen LogP contribution in [0.25, 0.3) is 11.1 Å². The van der Waals surface area contributed by atoms with Crippen LogP contribution in [0.5, 0.6) is 23.0 Å². The molecule has 1 aliphatic rings. The number of esters is 4. The molecule has 0 saturated heterocycles. The van der Waals surface area contributed by atoms with Crippen LogP contribution in [0.2, 0.25) is 0 Å². The van der Waals surface area contributed by atoms with E-state index in [2.05, 4.69) is 48.0 Å². The second-order valence-electron chi connectivity index (χ2n) is 14.8. The van der Waals surface area contributed by atoms with Gasteiger partial charge in [0.25, 0.3) is 0 Å². The van der Waals surface area contributed by atoms with Crippen molar-refractivity contribution in [3.8, 4) is 34.1 Å². The number of nitrogens with one attached hydrogen (secondary N) is 1. The highest BCUT2D eigenvalue weighted by Gasteiger charge is 2.27. The number of hydrogen-bond acceptors (Lipinski definition) is 12. The summed E-state index contributed by atoms with van der Waals surface area (Å²) in [6, 6.07) is 34.2. The molecule has 0 fully saturated rings. The lowest BCUT2D eigenvalue weighted by molar-refractivity contribution is -0.138. The molecule has 0 atom stereocenters. The summed E-state index contributed by atoms with van der Waals surface area (Å²) in [5.41, 5.74) is 8.74. The van der Waals surface area contributed by atoms with Crippen LogP contribution >= 0.6 is 0 Å². The van der Waals surface area contributed by atoms with Crippen molar-refractivity contribution in [1.29, 1.82) is 0 Å². The largest absolute Gasteiger partial charge is 0.494 e. The van der Waals surface area contributed by atoms with E-state index in [-0.39, 0.29) is 17.5 Å². The Morgan fingerprint density at radius 3 is 1.48 bits per heavy atom. The third kappa shape index (κ3) is 13.5. The Balaban J connectivity index is 1.07. The van der Waals surface area contributed by atoms with Crippen molar-refractivity contribution in [2.45, 2.75) is 57.4 Å². The van der Waals surface area contributed by atoms with E-state index in [1.165, 1.54) is 6.21 Å². The van der Waals surface area contributed by atoms with Gasteiger partial charge in [-0.15, -0.1) is 0 Å². The van der Waals surface area contributed by atoms with Crippen molar-refractivity contribution in [2.75, 3.05) is 26.4 Å². The summed E-state index contributed by atoms with van der Waals surface area (Å²) in [7, 11) is 0. The second kappa shape index (κ2) is 24.2. The molecule has 0 radical (unpaired) electrons. The SMILES string of the molecule is C=CC(=O)OCCCCCCOc1ccc(C(=O)Oc2ccc(OC(=O)c3ccc(OCCCCCCOC(=O)C=C)cc3)c(/C=N/NC3c4ccccc4-c4ccccc43)c2)cc1. The van der Waals surface area contributed by atoms with Gasteiger partial charge in [-0.05, 0) is 140 Å². The summed E-state index contributed by atoms with van der Waals surface area (Å²) in [5, 5.41) is 4.61. The van der Waals surface area contributed by atoms with Gasteiger partial charge < -0.3 is 28.4 Å². The second-order valence-corrected chi connectivity index (χ2v) is 14.8. The van der Waals surface area contributed by atoms with Crippen LogP contribution in [0.15, 0.2) is 146 Å². The van der Waals surface area contributed by atoms with Crippen molar-refractivity contribution in [1.82, 2.24) is 5.43 Å². The first kappa shape index (κ1) is 46.0. The van der Waals surface area contributed by atoms with Crippen LogP contribution in [-0.4, -0.2) is 56.5 Å². The van der Waals surface area contributed by atoms with Crippen LogP contribution in [0.3, 0.4) is 0 Å². The minimum atomic E-state index is -0.594. The summed E-state index contributed by atoms with van der Waals surface area (Å²) < 4.78 is 33.4. The number of nitrogens with zero attached hydrogens (tertiary/aromatic N) is 1. The Kier molecular flexibility index (Phi) is 17.4. The fourth-order valence-corrected chi connectivity index (χ4v) is 6.92. The molecule has 5 aromatic carbocycles. The lowest BCUT2D eigenvalue weighted by Gasteiger charge is -2.14. The highest BCUT2D eigenvalue weighted by atomic mass is 16.5. The Hall–Kier alpha value is -7.47. The van der Waals surface area contributed by atoms with Gasteiger partial charge in [0.1, 0.15) is 23.0 Å². The number of ether oxygens (including phenoxy) is 6. The lowest BCUT2D eigenvalue weighted by Crippen LogP contribution is -2.15. The van der Waals surface area contributed by atoms with E-state index in [0.29, 0.717) is 54.6 Å². The third-order valence-corrected chi connectivity index (χ3v) is 10.3. The van der Waals surface area contributed by atoms with Gasteiger partial charge in [0.15, 0.2) is 0 Å². The van der Waals surface area contributed by atoms with Crippen LogP contribution in [0.4, 0.5) is 0 Å². The molecular formula is C52H52N2O10. The molecular weight excluding hydrogens is 813 g/mol. The number of benzene rings is 5. The van der Waals surface area contributed by atoms with E-state index >= 15 is 0 Å². The first-order valence-corrected chi connectivity index (χ1v) is 21.4. The fourth-order valence-electron chi connectivity index (χ4n) is 6.92. The van der Waals surface area contributed by atoms with Gasteiger partial charge in [-0.25, -0.2) is 19.2 Å². The van der Waals surface area contributed by atoms with Crippen molar-refractivity contribution in [3.05, 3.63) is 168 Å². The molecule has 1 N–H and O–H groups in total. The first-order chi connectivity index (χ1) is 31.3. The zero-order valence-electron chi connectivity index (χ0n) is 35.7. The third-order valence-electron chi connectivity index (χ3n) is 10.3. The fraction of sp³-hybridized carbons (Fsp3) is 0.250. The zero-order chi connectivity index (χ0) is 44.9. The van der Waals surface area contributed by atoms with Gasteiger partial charge in [-0.3, -0.25) is 5.43 Å². The first-order valence-electron chi connectivity index (χ1n) is 21.4. The predicted molar refractivity (Wildman–Crippen MR) is 244 cm³/mol. The molecule has 64 heavy (non-hydrogen) atoms. The zero-order valence-corrected chi connectivity index (χ0v) is 35.7. The number of fused-ring (bicyclic) bond motifs is 3. The van der Waals surface area contributed by atoms with Gasteiger partial charge in [0, 0.05) is 17.7 Å². The molecule has 0 bridgehead atoms. The molecule has 0 aromatic heterocycles.